The van der Waals surface area contributed by atoms with Gasteiger partial charge in [0.25, 0.3) is 5.91 Å². The molecule has 0 radical (unpaired) electrons. The fourth-order valence-electron chi connectivity index (χ4n) is 8.07. The van der Waals surface area contributed by atoms with E-state index in [1.165, 1.54) is 0 Å². The Morgan fingerprint density at radius 3 is 2.49 bits per heavy atom. The van der Waals surface area contributed by atoms with Gasteiger partial charge in [-0.15, -0.1) is 0 Å². The smallest absolute Gasteiger partial charge is 0.394 e. The summed E-state index contributed by atoms with van der Waals surface area (Å²) < 4.78 is 47.6. The topological polar surface area (TPSA) is 90.9 Å². The molecule has 12 heteroatoms. The van der Waals surface area contributed by atoms with E-state index in [0.29, 0.717) is 74.0 Å². The van der Waals surface area contributed by atoms with Crippen LogP contribution in [0.25, 0.3) is 11.3 Å². The molecule has 2 aliphatic heterocycles. The minimum absolute atomic E-state index is 0.00974. The molecule has 4 fully saturated rings. The second kappa shape index (κ2) is 12.1. The van der Waals surface area contributed by atoms with Gasteiger partial charge in [-0.1, -0.05) is 6.92 Å². The summed E-state index contributed by atoms with van der Waals surface area (Å²) in [5.41, 5.74) is -0.396. The number of nitrogens with zero attached hydrogens (tertiary/aromatic N) is 5. The summed E-state index contributed by atoms with van der Waals surface area (Å²) in [5.74, 6) is 0.0398. The third-order valence-electron chi connectivity index (χ3n) is 10.6. The van der Waals surface area contributed by atoms with Gasteiger partial charge >= 0.3 is 6.18 Å². The number of carbonyl (C=O) groups is 2. The third-order valence-corrected chi connectivity index (χ3v) is 10.6. The number of hydrogen-bond donors (Lipinski definition) is 1. The molecule has 0 spiro atoms. The zero-order valence-corrected chi connectivity index (χ0v) is 26.3. The maximum absolute atomic E-state index is 13.9. The van der Waals surface area contributed by atoms with E-state index in [1.807, 2.05) is 39.1 Å². The normalized spacial score (nSPS) is 28.5. The number of likely N-dealkylation sites (tertiary alicyclic amines) is 1. The molecule has 4 heterocycles. The van der Waals surface area contributed by atoms with Crippen LogP contribution in [0.1, 0.15) is 69.3 Å². The highest BCUT2D eigenvalue weighted by Crippen LogP contribution is 2.67. The average Bonchev–Trinajstić information content (AvgIpc) is 3.75. The Morgan fingerprint density at radius 2 is 1.84 bits per heavy atom. The van der Waals surface area contributed by atoms with E-state index in [1.54, 1.807) is 17.2 Å². The van der Waals surface area contributed by atoms with E-state index in [4.69, 9.17) is 9.72 Å². The zero-order valence-electron chi connectivity index (χ0n) is 26.3. The molecule has 2 aromatic rings. The van der Waals surface area contributed by atoms with Crippen LogP contribution in [0.2, 0.25) is 0 Å². The highest BCUT2D eigenvalue weighted by atomic mass is 19.4. The molecule has 2 atom stereocenters. The van der Waals surface area contributed by atoms with Gasteiger partial charge < -0.3 is 24.8 Å². The zero-order chi connectivity index (χ0) is 32.0. The number of pyridine rings is 2. The Balaban J connectivity index is 1.27. The number of anilines is 1. The van der Waals surface area contributed by atoms with Gasteiger partial charge in [0.15, 0.2) is 5.69 Å². The lowest BCUT2D eigenvalue weighted by atomic mass is 9.81. The molecule has 2 bridgehead atoms. The molecule has 244 valence electrons. The number of aromatic nitrogens is 2. The summed E-state index contributed by atoms with van der Waals surface area (Å²) in [6.07, 6.45) is -0.509. The maximum atomic E-state index is 13.9. The molecular formula is C33H43F3N6O3. The van der Waals surface area contributed by atoms with Crippen molar-refractivity contribution >= 4 is 17.5 Å². The van der Waals surface area contributed by atoms with Gasteiger partial charge in [-0.3, -0.25) is 9.59 Å². The third kappa shape index (κ3) is 5.74. The lowest BCUT2D eigenvalue weighted by molar-refractivity contribution is -0.220. The van der Waals surface area contributed by atoms with E-state index in [2.05, 4.69) is 20.1 Å². The van der Waals surface area contributed by atoms with E-state index in [0.717, 1.165) is 19.5 Å². The largest absolute Gasteiger partial charge is 0.477 e. The van der Waals surface area contributed by atoms with Crippen molar-refractivity contribution in [2.24, 2.45) is 10.8 Å². The first-order valence-corrected chi connectivity index (χ1v) is 16.2. The predicted molar refractivity (Wildman–Crippen MR) is 164 cm³/mol. The minimum Gasteiger partial charge on any atom is -0.477 e. The number of nitrogens with one attached hydrogen (secondary N) is 1. The second-order valence-electron chi connectivity index (χ2n) is 13.3. The van der Waals surface area contributed by atoms with Crippen molar-refractivity contribution in [1.29, 1.82) is 0 Å². The number of ether oxygens (including phenoxy) is 1. The van der Waals surface area contributed by atoms with Crippen molar-refractivity contribution in [3.05, 3.63) is 36.2 Å². The van der Waals surface area contributed by atoms with Gasteiger partial charge in [0.2, 0.25) is 11.8 Å². The molecule has 2 aliphatic carbocycles. The van der Waals surface area contributed by atoms with Gasteiger partial charge in [0, 0.05) is 44.5 Å². The van der Waals surface area contributed by atoms with Crippen molar-refractivity contribution in [2.45, 2.75) is 77.1 Å². The summed E-state index contributed by atoms with van der Waals surface area (Å²) in [6, 6.07) is 7.33. The molecule has 9 nitrogen and oxygen atoms in total. The summed E-state index contributed by atoms with van der Waals surface area (Å²) in [6.45, 7) is 7.23. The van der Waals surface area contributed by atoms with Gasteiger partial charge in [-0.05, 0) is 89.7 Å². The van der Waals surface area contributed by atoms with Crippen molar-refractivity contribution in [3.63, 3.8) is 0 Å². The van der Waals surface area contributed by atoms with Gasteiger partial charge in [-0.25, -0.2) is 9.97 Å². The number of rotatable bonds is 8. The summed E-state index contributed by atoms with van der Waals surface area (Å²) in [7, 11) is 2.03. The van der Waals surface area contributed by atoms with Crippen LogP contribution in [-0.4, -0.2) is 96.2 Å². The number of hydrogen-bond acceptors (Lipinski definition) is 7. The lowest BCUT2D eigenvalue weighted by Gasteiger charge is -2.45. The summed E-state index contributed by atoms with van der Waals surface area (Å²) in [5, 5.41) is 3.18. The van der Waals surface area contributed by atoms with Crippen LogP contribution in [-0.2, 0) is 4.79 Å². The standard InChI is InChI=1S/C33H43F3N6O3/c1-4-23-20-41(30(44)31-11-13-32(21-31,14-12-31)33(34,35)36)17-18-42(23)26-9-8-25(24-7-6-15-37-29(24)45-5-2)39-27(26)28(43)38-22-10-16-40(3)19-22/h6-9,15,22-23H,4-5,10-14,16-21H2,1-3H3,(H,38,43)/t22-,23-,31?,32?/m1/s1. The van der Waals surface area contributed by atoms with Crippen LogP contribution < -0.4 is 15.0 Å². The van der Waals surface area contributed by atoms with Gasteiger partial charge in [-0.2, -0.15) is 13.2 Å². The van der Waals surface area contributed by atoms with E-state index in [9.17, 15) is 22.8 Å². The quantitative estimate of drug-likeness (QED) is 0.444. The van der Waals surface area contributed by atoms with E-state index < -0.39 is 17.0 Å². The van der Waals surface area contributed by atoms with Crippen LogP contribution in [0.4, 0.5) is 18.9 Å². The number of carbonyl (C=O) groups excluding carboxylic acids is 2. The molecule has 2 amide bonds. The molecule has 2 aromatic heterocycles. The first kappa shape index (κ1) is 31.6. The minimum atomic E-state index is -4.28. The number of alkyl halides is 3. The molecular weight excluding hydrogens is 585 g/mol. The molecule has 2 saturated carbocycles. The molecule has 45 heavy (non-hydrogen) atoms. The van der Waals surface area contributed by atoms with Crippen molar-refractivity contribution < 1.29 is 27.5 Å². The highest BCUT2D eigenvalue weighted by molar-refractivity contribution is 5.99. The number of likely N-dealkylation sites (N-methyl/N-ethyl adjacent to an activating group) is 1. The Labute approximate surface area is 262 Å². The Kier molecular flexibility index (Phi) is 8.47. The van der Waals surface area contributed by atoms with Crippen LogP contribution in [0.15, 0.2) is 30.5 Å². The number of halogens is 3. The average molecular weight is 629 g/mol. The Hall–Kier alpha value is -3.41. The molecule has 6 rings (SSSR count). The van der Waals surface area contributed by atoms with Crippen LogP contribution in [0, 0.1) is 10.8 Å². The number of fused-ring (bicyclic) bond motifs is 2. The first-order valence-electron chi connectivity index (χ1n) is 16.2. The Bertz CT molecular complexity index is 1430. The summed E-state index contributed by atoms with van der Waals surface area (Å²) >= 11 is 0. The van der Waals surface area contributed by atoms with Crippen molar-refractivity contribution in [3.8, 4) is 17.1 Å². The number of piperazine rings is 1. The van der Waals surface area contributed by atoms with E-state index in [-0.39, 0.29) is 43.2 Å². The van der Waals surface area contributed by atoms with Crippen molar-refractivity contribution in [2.75, 3.05) is 51.3 Å². The predicted octanol–water partition coefficient (Wildman–Crippen LogP) is 4.92. The number of amides is 2. The highest BCUT2D eigenvalue weighted by Gasteiger charge is 2.68. The second-order valence-corrected chi connectivity index (χ2v) is 13.3. The summed E-state index contributed by atoms with van der Waals surface area (Å²) in [4.78, 5) is 43.1. The molecule has 2 saturated heterocycles. The SMILES string of the molecule is CCOc1ncccc1-c1ccc(N2CCN(C(=O)C34CCC(C(F)(F)F)(CC3)C4)C[C@H]2CC)c(C(=O)N[C@@H]2CCN(C)C2)n1. The monoisotopic (exact) mass is 628 g/mol. The van der Waals surface area contributed by atoms with Crippen LogP contribution >= 0.6 is 0 Å². The Morgan fingerprint density at radius 1 is 1.07 bits per heavy atom. The fourth-order valence-corrected chi connectivity index (χ4v) is 8.07. The molecule has 0 unspecified atom stereocenters. The van der Waals surface area contributed by atoms with Crippen LogP contribution in [0.3, 0.4) is 0 Å². The molecule has 4 aliphatic rings. The first-order chi connectivity index (χ1) is 21.5. The maximum Gasteiger partial charge on any atom is 0.394 e. The molecule has 1 N–H and O–H groups in total. The van der Waals surface area contributed by atoms with E-state index >= 15 is 0 Å². The lowest BCUT2D eigenvalue weighted by Crippen LogP contribution is -2.57. The van der Waals surface area contributed by atoms with Crippen molar-refractivity contribution in [1.82, 2.24) is 25.1 Å². The fraction of sp³-hybridized carbons (Fsp3) is 0.636. The van der Waals surface area contributed by atoms with Crippen LogP contribution in [0.5, 0.6) is 5.88 Å². The molecule has 0 aromatic carbocycles. The van der Waals surface area contributed by atoms with Gasteiger partial charge in [0.1, 0.15) is 0 Å². The van der Waals surface area contributed by atoms with Gasteiger partial charge in [0.05, 0.1) is 34.4 Å².